The lowest BCUT2D eigenvalue weighted by molar-refractivity contribution is 0.420. The Bertz CT molecular complexity index is 967. The molecule has 4 rings (SSSR count). The van der Waals surface area contributed by atoms with Crippen molar-refractivity contribution in [3.05, 3.63) is 54.4 Å². The van der Waals surface area contributed by atoms with E-state index in [1.807, 2.05) is 7.05 Å². The van der Waals surface area contributed by atoms with Crippen molar-refractivity contribution in [3.63, 3.8) is 0 Å². The first-order valence-corrected chi connectivity index (χ1v) is 7.91. The summed E-state index contributed by atoms with van der Waals surface area (Å²) in [6.07, 6.45) is 3.44. The maximum Gasteiger partial charge on any atom is 0.131 e. The van der Waals surface area contributed by atoms with Crippen LogP contribution >= 0.6 is 0 Å². The number of hydrogen-bond donors (Lipinski definition) is 1. The Hall–Kier alpha value is -2.59. The topological polar surface area (TPSA) is 43.0 Å². The summed E-state index contributed by atoms with van der Waals surface area (Å²) >= 11 is 0. The quantitative estimate of drug-likeness (QED) is 0.615. The minimum Gasteiger partial charge on any atom is -0.364 e. The first-order valence-electron chi connectivity index (χ1n) is 7.91. The van der Waals surface area contributed by atoms with Gasteiger partial charge in [-0.1, -0.05) is 23.4 Å². The average Bonchev–Trinajstić information content (AvgIpc) is 3.20. The zero-order chi connectivity index (χ0) is 15.8. The van der Waals surface area contributed by atoms with Gasteiger partial charge in [0, 0.05) is 40.5 Å². The Labute approximate surface area is 134 Å². The molecule has 4 heteroatoms. The van der Waals surface area contributed by atoms with E-state index in [1.54, 1.807) is 12.5 Å². The van der Waals surface area contributed by atoms with Gasteiger partial charge in [-0.2, -0.15) is 0 Å². The molecule has 0 fully saturated rings. The molecule has 0 saturated carbocycles. The summed E-state index contributed by atoms with van der Waals surface area (Å²) in [7, 11) is 1.98. The summed E-state index contributed by atoms with van der Waals surface area (Å²) in [5, 5.41) is 9.63. The molecule has 0 saturated heterocycles. The number of fused-ring (bicyclic) bond motifs is 3. The summed E-state index contributed by atoms with van der Waals surface area (Å²) < 4.78 is 7.34. The summed E-state index contributed by atoms with van der Waals surface area (Å²) in [6.45, 7) is 4.01. The molecule has 0 aliphatic heterocycles. The highest BCUT2D eigenvalue weighted by atomic mass is 16.5. The number of benzene rings is 2. The van der Waals surface area contributed by atoms with E-state index in [0.29, 0.717) is 0 Å². The molecule has 0 aliphatic carbocycles. The highest BCUT2D eigenvalue weighted by Crippen LogP contribution is 2.33. The molecule has 0 radical (unpaired) electrons. The Morgan fingerprint density at radius 1 is 1.04 bits per heavy atom. The lowest BCUT2D eigenvalue weighted by atomic mass is 10.1. The summed E-state index contributed by atoms with van der Waals surface area (Å²) in [5.41, 5.74) is 5.98. The second-order valence-electron chi connectivity index (χ2n) is 5.77. The van der Waals surface area contributed by atoms with Crippen molar-refractivity contribution < 1.29 is 4.52 Å². The van der Waals surface area contributed by atoms with Gasteiger partial charge in [0.15, 0.2) is 0 Å². The first kappa shape index (κ1) is 14.0. The number of aromatic nitrogens is 2. The molecule has 2 aromatic heterocycles. The lowest BCUT2D eigenvalue weighted by Gasteiger charge is -2.04. The van der Waals surface area contributed by atoms with Crippen LogP contribution in [0.25, 0.3) is 32.9 Å². The monoisotopic (exact) mass is 305 g/mol. The van der Waals surface area contributed by atoms with Crippen LogP contribution in [0, 0.1) is 0 Å². The van der Waals surface area contributed by atoms with Crippen LogP contribution in [0.1, 0.15) is 12.5 Å². The van der Waals surface area contributed by atoms with E-state index < -0.39 is 0 Å². The molecule has 23 heavy (non-hydrogen) atoms. The van der Waals surface area contributed by atoms with Crippen LogP contribution in [0.3, 0.4) is 0 Å². The molecule has 2 aromatic carbocycles. The predicted octanol–water partition coefficient (Wildman–Crippen LogP) is 4.19. The number of aryl methyl sites for hydroxylation is 1. The van der Waals surface area contributed by atoms with Crippen molar-refractivity contribution in [1.29, 1.82) is 0 Å². The molecule has 0 unspecified atom stereocenters. The van der Waals surface area contributed by atoms with Crippen molar-refractivity contribution in [3.8, 4) is 11.1 Å². The molecule has 0 atom stereocenters. The zero-order valence-electron chi connectivity index (χ0n) is 13.3. The summed E-state index contributed by atoms with van der Waals surface area (Å²) in [5.74, 6) is 0. The molecule has 0 amide bonds. The molecular weight excluding hydrogens is 286 g/mol. The van der Waals surface area contributed by atoms with Crippen LogP contribution in [0.5, 0.6) is 0 Å². The van der Waals surface area contributed by atoms with E-state index in [9.17, 15) is 0 Å². The van der Waals surface area contributed by atoms with E-state index in [0.717, 1.165) is 24.2 Å². The van der Waals surface area contributed by atoms with Crippen molar-refractivity contribution in [1.82, 2.24) is 15.0 Å². The molecule has 0 bridgehead atoms. The minimum atomic E-state index is 0.882. The van der Waals surface area contributed by atoms with Crippen molar-refractivity contribution in [2.24, 2.45) is 0 Å². The average molecular weight is 305 g/mol. The van der Waals surface area contributed by atoms with Gasteiger partial charge in [0.05, 0.1) is 6.20 Å². The second-order valence-corrected chi connectivity index (χ2v) is 5.77. The Kier molecular flexibility index (Phi) is 3.39. The van der Waals surface area contributed by atoms with E-state index in [4.69, 9.17) is 4.52 Å². The van der Waals surface area contributed by atoms with Crippen LogP contribution in [-0.4, -0.2) is 16.8 Å². The Balaban J connectivity index is 1.99. The third kappa shape index (κ3) is 2.23. The standard InChI is InChI=1S/C19H19N3O/c1-3-22-18-7-4-13(10-20-2)8-17(18)16-6-5-14(9-19(16)22)15-11-21-23-12-15/h4-9,11-12,20H,3,10H2,1-2H3. The van der Waals surface area contributed by atoms with Gasteiger partial charge in [0.2, 0.25) is 0 Å². The van der Waals surface area contributed by atoms with Crippen molar-refractivity contribution in [2.75, 3.05) is 7.05 Å². The molecule has 2 heterocycles. The minimum absolute atomic E-state index is 0.882. The van der Waals surface area contributed by atoms with Crippen molar-refractivity contribution >= 4 is 21.8 Å². The van der Waals surface area contributed by atoms with Crippen LogP contribution < -0.4 is 5.32 Å². The van der Waals surface area contributed by atoms with Gasteiger partial charge in [0.1, 0.15) is 6.26 Å². The molecule has 1 N–H and O–H groups in total. The molecule has 0 spiro atoms. The fraction of sp³-hybridized carbons (Fsp3) is 0.211. The van der Waals surface area contributed by atoms with E-state index >= 15 is 0 Å². The summed E-state index contributed by atoms with van der Waals surface area (Å²) in [6, 6.07) is 13.3. The van der Waals surface area contributed by atoms with Crippen LogP contribution in [0.15, 0.2) is 53.4 Å². The fourth-order valence-corrected chi connectivity index (χ4v) is 3.33. The van der Waals surface area contributed by atoms with Gasteiger partial charge >= 0.3 is 0 Å². The molecular formula is C19H19N3O. The molecule has 116 valence electrons. The first-order chi connectivity index (χ1) is 11.3. The van der Waals surface area contributed by atoms with Crippen LogP contribution in [0.2, 0.25) is 0 Å². The third-order valence-corrected chi connectivity index (χ3v) is 4.39. The van der Waals surface area contributed by atoms with E-state index in [2.05, 4.69) is 58.4 Å². The van der Waals surface area contributed by atoms with Gasteiger partial charge in [-0.15, -0.1) is 0 Å². The predicted molar refractivity (Wildman–Crippen MR) is 93.4 cm³/mol. The number of nitrogens with zero attached hydrogens (tertiary/aromatic N) is 2. The normalized spacial score (nSPS) is 11.6. The lowest BCUT2D eigenvalue weighted by Crippen LogP contribution is -2.04. The Morgan fingerprint density at radius 3 is 2.70 bits per heavy atom. The smallest absolute Gasteiger partial charge is 0.131 e. The molecule has 4 nitrogen and oxygen atoms in total. The third-order valence-electron chi connectivity index (χ3n) is 4.39. The van der Waals surface area contributed by atoms with Gasteiger partial charge < -0.3 is 14.4 Å². The number of nitrogens with one attached hydrogen (secondary N) is 1. The van der Waals surface area contributed by atoms with Gasteiger partial charge in [-0.25, -0.2) is 0 Å². The molecule has 4 aromatic rings. The summed E-state index contributed by atoms with van der Waals surface area (Å²) in [4.78, 5) is 0. The number of hydrogen-bond acceptors (Lipinski definition) is 3. The largest absolute Gasteiger partial charge is 0.364 e. The van der Waals surface area contributed by atoms with Crippen LogP contribution in [-0.2, 0) is 13.1 Å². The van der Waals surface area contributed by atoms with Crippen LogP contribution in [0.4, 0.5) is 0 Å². The zero-order valence-corrected chi connectivity index (χ0v) is 13.3. The van der Waals surface area contributed by atoms with Gasteiger partial charge in [0.25, 0.3) is 0 Å². The maximum atomic E-state index is 4.98. The second kappa shape index (κ2) is 5.56. The van der Waals surface area contributed by atoms with E-state index in [1.165, 1.54) is 27.4 Å². The van der Waals surface area contributed by atoms with Gasteiger partial charge in [-0.3, -0.25) is 0 Å². The van der Waals surface area contributed by atoms with E-state index in [-0.39, 0.29) is 0 Å². The van der Waals surface area contributed by atoms with Gasteiger partial charge in [-0.05, 0) is 43.3 Å². The highest BCUT2D eigenvalue weighted by molar-refractivity contribution is 6.09. The Morgan fingerprint density at radius 2 is 1.96 bits per heavy atom. The van der Waals surface area contributed by atoms with Crippen molar-refractivity contribution in [2.45, 2.75) is 20.0 Å². The maximum absolute atomic E-state index is 4.98. The molecule has 0 aliphatic rings. The number of rotatable bonds is 4. The SMILES string of the molecule is CCn1c2ccc(CNC)cc2c2ccc(-c3cnoc3)cc21. The fourth-order valence-electron chi connectivity index (χ4n) is 3.33. The highest BCUT2D eigenvalue weighted by Gasteiger charge is 2.12.